The molecular formula is C16H20N2O. The SMILES string of the molecule is C=C(C)CN(CC)C(=O)c1cc2ccc(C)cc2[nH]1. The molecule has 0 aliphatic rings. The average Bonchev–Trinajstić information content (AvgIpc) is 2.77. The van der Waals surface area contributed by atoms with E-state index in [2.05, 4.69) is 23.7 Å². The van der Waals surface area contributed by atoms with E-state index in [-0.39, 0.29) is 5.91 Å². The summed E-state index contributed by atoms with van der Waals surface area (Å²) in [5.74, 6) is 0.0272. The second kappa shape index (κ2) is 5.31. The van der Waals surface area contributed by atoms with Crippen LogP contribution in [-0.2, 0) is 0 Å². The molecule has 1 heterocycles. The lowest BCUT2D eigenvalue weighted by molar-refractivity contribution is 0.0773. The van der Waals surface area contributed by atoms with Crippen LogP contribution in [0.1, 0.15) is 29.9 Å². The van der Waals surface area contributed by atoms with E-state index in [4.69, 9.17) is 0 Å². The number of aryl methyl sites for hydroxylation is 1. The van der Waals surface area contributed by atoms with Crippen molar-refractivity contribution < 1.29 is 4.79 Å². The second-order valence-electron chi connectivity index (χ2n) is 5.05. The third-order valence-corrected chi connectivity index (χ3v) is 3.14. The van der Waals surface area contributed by atoms with Crippen LogP contribution in [0.5, 0.6) is 0 Å². The third kappa shape index (κ3) is 2.87. The van der Waals surface area contributed by atoms with E-state index in [1.165, 1.54) is 5.56 Å². The maximum absolute atomic E-state index is 12.4. The van der Waals surface area contributed by atoms with Crippen molar-refractivity contribution in [2.24, 2.45) is 0 Å². The van der Waals surface area contributed by atoms with Gasteiger partial charge < -0.3 is 9.88 Å². The Labute approximate surface area is 113 Å². The van der Waals surface area contributed by atoms with E-state index in [1.807, 2.05) is 32.9 Å². The number of hydrogen-bond donors (Lipinski definition) is 1. The van der Waals surface area contributed by atoms with Crippen molar-refractivity contribution in [2.75, 3.05) is 13.1 Å². The summed E-state index contributed by atoms with van der Waals surface area (Å²) in [6.07, 6.45) is 0. The van der Waals surface area contributed by atoms with E-state index in [0.717, 1.165) is 16.5 Å². The van der Waals surface area contributed by atoms with E-state index in [0.29, 0.717) is 18.8 Å². The Hall–Kier alpha value is -2.03. The molecule has 0 radical (unpaired) electrons. The molecule has 2 rings (SSSR count). The first kappa shape index (κ1) is 13.4. The lowest BCUT2D eigenvalue weighted by Gasteiger charge is -2.20. The second-order valence-corrected chi connectivity index (χ2v) is 5.05. The Bertz CT molecular complexity index is 625. The van der Waals surface area contributed by atoms with Crippen molar-refractivity contribution in [1.29, 1.82) is 0 Å². The fourth-order valence-corrected chi connectivity index (χ4v) is 2.18. The fourth-order valence-electron chi connectivity index (χ4n) is 2.18. The van der Waals surface area contributed by atoms with Gasteiger partial charge in [0.15, 0.2) is 0 Å². The molecule has 100 valence electrons. The number of carbonyl (C=O) groups excluding carboxylic acids is 1. The van der Waals surface area contributed by atoms with Gasteiger partial charge in [-0.1, -0.05) is 24.3 Å². The standard InChI is InChI=1S/C16H20N2O/c1-5-18(10-11(2)3)16(19)15-9-13-7-6-12(4)8-14(13)17-15/h6-9,17H,2,5,10H2,1,3-4H3. The molecule has 0 atom stereocenters. The van der Waals surface area contributed by atoms with Gasteiger partial charge in [-0.15, -0.1) is 0 Å². The molecule has 0 aliphatic heterocycles. The van der Waals surface area contributed by atoms with Crippen molar-refractivity contribution in [1.82, 2.24) is 9.88 Å². The molecule has 19 heavy (non-hydrogen) atoms. The minimum Gasteiger partial charge on any atom is -0.351 e. The Balaban J connectivity index is 2.32. The number of H-pyrrole nitrogens is 1. The molecule has 0 bridgehead atoms. The largest absolute Gasteiger partial charge is 0.351 e. The van der Waals surface area contributed by atoms with Crippen LogP contribution in [0.25, 0.3) is 10.9 Å². The summed E-state index contributed by atoms with van der Waals surface area (Å²) < 4.78 is 0. The molecule has 0 spiro atoms. The van der Waals surface area contributed by atoms with Crippen molar-refractivity contribution >= 4 is 16.8 Å². The third-order valence-electron chi connectivity index (χ3n) is 3.14. The van der Waals surface area contributed by atoms with Gasteiger partial charge in [0.25, 0.3) is 5.91 Å². The van der Waals surface area contributed by atoms with Crippen molar-refractivity contribution in [3.05, 3.63) is 47.7 Å². The Morgan fingerprint density at radius 3 is 2.74 bits per heavy atom. The number of aromatic amines is 1. The predicted molar refractivity (Wildman–Crippen MR) is 79.4 cm³/mol. The molecule has 0 fully saturated rings. The Morgan fingerprint density at radius 1 is 1.37 bits per heavy atom. The summed E-state index contributed by atoms with van der Waals surface area (Å²) in [5.41, 5.74) is 3.82. The monoisotopic (exact) mass is 256 g/mol. The van der Waals surface area contributed by atoms with Crippen LogP contribution < -0.4 is 0 Å². The van der Waals surface area contributed by atoms with E-state index < -0.39 is 0 Å². The summed E-state index contributed by atoms with van der Waals surface area (Å²) in [6.45, 7) is 11.1. The maximum atomic E-state index is 12.4. The molecule has 1 aromatic heterocycles. The smallest absolute Gasteiger partial charge is 0.270 e. The minimum absolute atomic E-state index is 0.0272. The Morgan fingerprint density at radius 2 is 2.11 bits per heavy atom. The number of fused-ring (bicyclic) bond motifs is 1. The molecule has 1 aromatic carbocycles. The molecule has 2 aromatic rings. The van der Waals surface area contributed by atoms with Crippen molar-refractivity contribution in [2.45, 2.75) is 20.8 Å². The van der Waals surface area contributed by atoms with Gasteiger partial charge in [-0.05, 0) is 38.5 Å². The zero-order valence-corrected chi connectivity index (χ0v) is 11.8. The van der Waals surface area contributed by atoms with E-state index >= 15 is 0 Å². The maximum Gasteiger partial charge on any atom is 0.270 e. The highest BCUT2D eigenvalue weighted by atomic mass is 16.2. The number of nitrogens with one attached hydrogen (secondary N) is 1. The lowest BCUT2D eigenvalue weighted by Crippen LogP contribution is -2.32. The number of hydrogen-bond acceptors (Lipinski definition) is 1. The van der Waals surface area contributed by atoms with Gasteiger partial charge in [-0.3, -0.25) is 4.79 Å². The van der Waals surface area contributed by atoms with Gasteiger partial charge >= 0.3 is 0 Å². The zero-order chi connectivity index (χ0) is 14.0. The van der Waals surface area contributed by atoms with Gasteiger partial charge in [0.05, 0.1) is 0 Å². The molecule has 0 saturated carbocycles. The summed E-state index contributed by atoms with van der Waals surface area (Å²) in [7, 11) is 0. The first-order chi connectivity index (χ1) is 9.01. The molecule has 3 heteroatoms. The normalized spacial score (nSPS) is 10.7. The summed E-state index contributed by atoms with van der Waals surface area (Å²) in [6, 6.07) is 8.06. The molecular weight excluding hydrogens is 236 g/mol. The summed E-state index contributed by atoms with van der Waals surface area (Å²) in [5, 5.41) is 1.07. The first-order valence-corrected chi connectivity index (χ1v) is 6.54. The summed E-state index contributed by atoms with van der Waals surface area (Å²) in [4.78, 5) is 17.4. The van der Waals surface area contributed by atoms with Crippen LogP contribution in [-0.4, -0.2) is 28.9 Å². The Kier molecular flexibility index (Phi) is 3.74. The van der Waals surface area contributed by atoms with Crippen LogP contribution in [0.2, 0.25) is 0 Å². The molecule has 3 nitrogen and oxygen atoms in total. The number of likely N-dealkylation sites (N-methyl/N-ethyl adjacent to an activating group) is 1. The number of nitrogens with zero attached hydrogens (tertiary/aromatic N) is 1. The first-order valence-electron chi connectivity index (χ1n) is 6.54. The van der Waals surface area contributed by atoms with Crippen LogP contribution in [0.4, 0.5) is 0 Å². The highest BCUT2D eigenvalue weighted by Gasteiger charge is 2.16. The topological polar surface area (TPSA) is 36.1 Å². The lowest BCUT2D eigenvalue weighted by atomic mass is 10.2. The van der Waals surface area contributed by atoms with Crippen LogP contribution in [0, 0.1) is 6.92 Å². The van der Waals surface area contributed by atoms with Gasteiger partial charge in [0, 0.05) is 24.0 Å². The summed E-state index contributed by atoms with van der Waals surface area (Å²) >= 11 is 0. The van der Waals surface area contributed by atoms with E-state index in [9.17, 15) is 4.79 Å². The fraction of sp³-hybridized carbons (Fsp3) is 0.312. The quantitative estimate of drug-likeness (QED) is 0.835. The van der Waals surface area contributed by atoms with Crippen LogP contribution >= 0.6 is 0 Å². The highest BCUT2D eigenvalue weighted by molar-refractivity contribution is 5.98. The minimum atomic E-state index is 0.0272. The number of aromatic nitrogens is 1. The molecule has 1 N–H and O–H groups in total. The molecule has 0 aliphatic carbocycles. The van der Waals surface area contributed by atoms with Gasteiger partial charge in [0.2, 0.25) is 0 Å². The van der Waals surface area contributed by atoms with Crippen LogP contribution in [0.15, 0.2) is 36.4 Å². The van der Waals surface area contributed by atoms with Crippen molar-refractivity contribution in [3.63, 3.8) is 0 Å². The molecule has 0 saturated heterocycles. The molecule has 1 amide bonds. The number of carbonyl (C=O) groups is 1. The van der Waals surface area contributed by atoms with Gasteiger partial charge in [-0.25, -0.2) is 0 Å². The number of rotatable bonds is 4. The number of benzene rings is 1. The highest BCUT2D eigenvalue weighted by Crippen LogP contribution is 2.18. The van der Waals surface area contributed by atoms with Crippen LogP contribution in [0.3, 0.4) is 0 Å². The average molecular weight is 256 g/mol. The molecule has 0 unspecified atom stereocenters. The van der Waals surface area contributed by atoms with E-state index in [1.54, 1.807) is 4.90 Å². The predicted octanol–water partition coefficient (Wildman–Crippen LogP) is 3.51. The number of amides is 1. The van der Waals surface area contributed by atoms with Gasteiger partial charge in [0.1, 0.15) is 5.69 Å². The van der Waals surface area contributed by atoms with Crippen molar-refractivity contribution in [3.8, 4) is 0 Å². The van der Waals surface area contributed by atoms with Gasteiger partial charge in [-0.2, -0.15) is 0 Å². The zero-order valence-electron chi connectivity index (χ0n) is 11.8.